The van der Waals surface area contributed by atoms with Crippen LogP contribution < -0.4 is 4.74 Å². The molecule has 0 spiro atoms. The van der Waals surface area contributed by atoms with Gasteiger partial charge in [-0.05, 0) is 50.3 Å². The number of methoxy groups -OCH3 is 1. The molecule has 0 bridgehead atoms. The first kappa shape index (κ1) is 20.6. The van der Waals surface area contributed by atoms with E-state index in [1.54, 1.807) is 30.2 Å². The minimum Gasteiger partial charge on any atom is -0.507 e. The lowest BCUT2D eigenvalue weighted by Crippen LogP contribution is -2.35. The number of aliphatic hydroxyl groups excluding tert-OH is 1. The Morgan fingerprint density at radius 1 is 1.14 bits per heavy atom. The highest BCUT2D eigenvalue weighted by Gasteiger charge is 2.45. The van der Waals surface area contributed by atoms with E-state index in [4.69, 9.17) is 4.74 Å². The lowest BCUT2D eigenvalue weighted by Gasteiger charge is -2.26. The molecule has 1 heterocycles. The van der Waals surface area contributed by atoms with Crippen molar-refractivity contribution in [1.82, 2.24) is 9.80 Å². The number of carbonyl (C=O) groups excluding carboxylic acids is 2. The van der Waals surface area contributed by atoms with Crippen molar-refractivity contribution >= 4 is 17.4 Å². The van der Waals surface area contributed by atoms with Crippen molar-refractivity contribution in [2.45, 2.75) is 13.0 Å². The van der Waals surface area contributed by atoms with Gasteiger partial charge in [0.1, 0.15) is 11.5 Å². The second kappa shape index (κ2) is 8.49. The van der Waals surface area contributed by atoms with Gasteiger partial charge in [0, 0.05) is 18.7 Å². The van der Waals surface area contributed by atoms with E-state index in [2.05, 4.69) is 0 Å². The summed E-state index contributed by atoms with van der Waals surface area (Å²) in [5, 5.41) is 11.1. The van der Waals surface area contributed by atoms with E-state index in [1.807, 2.05) is 56.3 Å². The molecule has 6 nitrogen and oxygen atoms in total. The fourth-order valence-corrected chi connectivity index (χ4v) is 3.57. The average molecular weight is 394 g/mol. The van der Waals surface area contributed by atoms with E-state index in [-0.39, 0.29) is 11.3 Å². The zero-order valence-electron chi connectivity index (χ0n) is 17.2. The van der Waals surface area contributed by atoms with Crippen molar-refractivity contribution in [1.29, 1.82) is 0 Å². The van der Waals surface area contributed by atoms with Crippen LogP contribution >= 0.6 is 0 Å². The number of nitrogens with zero attached hydrogens (tertiary/aromatic N) is 2. The average Bonchev–Trinajstić information content (AvgIpc) is 2.97. The lowest BCUT2D eigenvalue weighted by atomic mass is 9.94. The smallest absolute Gasteiger partial charge is 0.295 e. The fourth-order valence-electron chi connectivity index (χ4n) is 3.57. The Morgan fingerprint density at radius 3 is 2.41 bits per heavy atom. The van der Waals surface area contributed by atoms with Crippen molar-refractivity contribution in [2.24, 2.45) is 0 Å². The number of hydrogen-bond acceptors (Lipinski definition) is 5. The van der Waals surface area contributed by atoms with Gasteiger partial charge in [-0.2, -0.15) is 0 Å². The summed E-state index contributed by atoms with van der Waals surface area (Å²) in [6.45, 7) is 2.82. The van der Waals surface area contributed by atoms with Gasteiger partial charge < -0.3 is 19.6 Å². The Balaban J connectivity index is 2.15. The molecule has 152 valence electrons. The number of ether oxygens (including phenoxy) is 1. The number of rotatable bonds is 6. The van der Waals surface area contributed by atoms with Crippen molar-refractivity contribution in [2.75, 3.05) is 34.3 Å². The second-order valence-corrected chi connectivity index (χ2v) is 7.39. The fraction of sp³-hybridized carbons (Fsp3) is 0.304. The zero-order chi connectivity index (χ0) is 21.1. The Kier molecular flexibility index (Phi) is 6.03. The van der Waals surface area contributed by atoms with E-state index < -0.39 is 17.7 Å². The van der Waals surface area contributed by atoms with Crippen molar-refractivity contribution in [3.63, 3.8) is 0 Å². The summed E-state index contributed by atoms with van der Waals surface area (Å²) in [5.74, 6) is -0.756. The van der Waals surface area contributed by atoms with Gasteiger partial charge in [-0.1, -0.05) is 30.3 Å². The van der Waals surface area contributed by atoms with Crippen molar-refractivity contribution in [3.05, 3.63) is 70.8 Å². The van der Waals surface area contributed by atoms with Gasteiger partial charge in [-0.15, -0.1) is 0 Å². The van der Waals surface area contributed by atoms with E-state index >= 15 is 0 Å². The number of benzene rings is 2. The third-order valence-corrected chi connectivity index (χ3v) is 5.13. The first-order chi connectivity index (χ1) is 13.8. The number of aliphatic hydroxyl groups is 1. The number of likely N-dealkylation sites (N-methyl/N-ethyl adjacent to an activating group) is 1. The molecule has 0 aromatic heterocycles. The van der Waals surface area contributed by atoms with Crippen LogP contribution in [-0.2, 0) is 9.59 Å². The summed E-state index contributed by atoms with van der Waals surface area (Å²) < 4.78 is 5.22. The van der Waals surface area contributed by atoms with Crippen molar-refractivity contribution in [3.8, 4) is 5.75 Å². The van der Waals surface area contributed by atoms with Crippen LogP contribution in [0.1, 0.15) is 22.7 Å². The number of likely N-dealkylation sites (tertiary alicyclic amines) is 1. The molecule has 1 atom stereocenters. The van der Waals surface area contributed by atoms with Gasteiger partial charge in [0.15, 0.2) is 0 Å². The molecule has 1 amide bonds. The van der Waals surface area contributed by atoms with Gasteiger partial charge in [-0.3, -0.25) is 9.59 Å². The maximum absolute atomic E-state index is 12.9. The molecule has 6 heteroatoms. The monoisotopic (exact) mass is 394 g/mol. The second-order valence-electron chi connectivity index (χ2n) is 7.39. The number of aryl methyl sites for hydroxylation is 1. The minimum absolute atomic E-state index is 0.119. The predicted molar refractivity (Wildman–Crippen MR) is 112 cm³/mol. The van der Waals surface area contributed by atoms with Gasteiger partial charge in [0.2, 0.25) is 0 Å². The van der Waals surface area contributed by atoms with Gasteiger partial charge in [0.25, 0.3) is 11.7 Å². The summed E-state index contributed by atoms with van der Waals surface area (Å²) >= 11 is 0. The molecule has 1 aliphatic heterocycles. The Bertz CT molecular complexity index is 951. The van der Waals surface area contributed by atoms with Crippen LogP contribution in [0.2, 0.25) is 0 Å². The van der Waals surface area contributed by atoms with Crippen molar-refractivity contribution < 1.29 is 19.4 Å². The first-order valence-corrected chi connectivity index (χ1v) is 9.48. The Morgan fingerprint density at radius 2 is 1.83 bits per heavy atom. The van der Waals surface area contributed by atoms with Crippen LogP contribution in [0.4, 0.5) is 0 Å². The highest BCUT2D eigenvalue weighted by atomic mass is 16.5. The topological polar surface area (TPSA) is 70.1 Å². The molecule has 0 unspecified atom stereocenters. The zero-order valence-corrected chi connectivity index (χ0v) is 17.2. The summed E-state index contributed by atoms with van der Waals surface area (Å²) in [6.07, 6.45) is 0. The van der Waals surface area contributed by atoms with E-state index in [9.17, 15) is 14.7 Å². The number of ketones is 1. The molecule has 1 N–H and O–H groups in total. The standard InChI is InChI=1S/C23H26N2O4/c1-15-14-17(29-4)10-11-18(15)21(26)19-20(16-8-6-5-7-9-16)25(13-12-24(2)3)23(28)22(19)27/h5-11,14,20,26H,12-13H2,1-4H3/b21-19+/t20-/m0/s1. The number of amides is 1. The molecule has 1 saturated heterocycles. The number of Topliss-reactive ketones (excluding diaryl/α,β-unsaturated/α-hetero) is 1. The number of hydrogen-bond donors (Lipinski definition) is 1. The van der Waals surface area contributed by atoms with E-state index in [0.717, 1.165) is 11.1 Å². The molecular weight excluding hydrogens is 368 g/mol. The summed E-state index contributed by atoms with van der Waals surface area (Å²) in [5.41, 5.74) is 2.18. The van der Waals surface area contributed by atoms with E-state index in [1.165, 1.54) is 0 Å². The number of carbonyl (C=O) groups is 2. The van der Waals surface area contributed by atoms with Gasteiger partial charge in [0.05, 0.1) is 18.7 Å². The lowest BCUT2D eigenvalue weighted by molar-refractivity contribution is -0.140. The molecule has 2 aromatic carbocycles. The molecule has 29 heavy (non-hydrogen) atoms. The Hall–Kier alpha value is -3.12. The SMILES string of the molecule is COc1ccc(/C(O)=C2\C(=O)C(=O)N(CCN(C)C)[C@H]2c2ccccc2)c(C)c1. The Labute approximate surface area is 171 Å². The summed E-state index contributed by atoms with van der Waals surface area (Å²) in [6, 6.07) is 13.9. The third-order valence-electron chi connectivity index (χ3n) is 5.13. The third kappa shape index (κ3) is 4.03. The van der Waals surface area contributed by atoms with Crippen LogP contribution in [-0.4, -0.2) is 60.9 Å². The highest BCUT2D eigenvalue weighted by Crippen LogP contribution is 2.39. The van der Waals surface area contributed by atoms with Crippen LogP contribution in [0.5, 0.6) is 5.75 Å². The molecule has 0 saturated carbocycles. The molecule has 1 fully saturated rings. The van der Waals surface area contributed by atoms with Crippen LogP contribution in [0, 0.1) is 6.92 Å². The van der Waals surface area contributed by atoms with Gasteiger partial charge in [-0.25, -0.2) is 0 Å². The molecule has 2 aromatic rings. The largest absolute Gasteiger partial charge is 0.507 e. The summed E-state index contributed by atoms with van der Waals surface area (Å²) in [7, 11) is 5.39. The molecule has 0 radical (unpaired) electrons. The normalized spacial score (nSPS) is 18.5. The summed E-state index contributed by atoms with van der Waals surface area (Å²) in [4.78, 5) is 29.3. The van der Waals surface area contributed by atoms with Gasteiger partial charge >= 0.3 is 0 Å². The first-order valence-electron chi connectivity index (χ1n) is 9.48. The molecule has 0 aliphatic carbocycles. The van der Waals surface area contributed by atoms with Crippen LogP contribution in [0.3, 0.4) is 0 Å². The van der Waals surface area contributed by atoms with Crippen LogP contribution in [0.15, 0.2) is 54.1 Å². The predicted octanol–water partition coefficient (Wildman–Crippen LogP) is 2.99. The maximum Gasteiger partial charge on any atom is 0.295 e. The quantitative estimate of drug-likeness (QED) is 0.463. The maximum atomic E-state index is 12.9. The minimum atomic E-state index is -0.662. The molecular formula is C23H26N2O4. The van der Waals surface area contributed by atoms with Crippen LogP contribution in [0.25, 0.3) is 5.76 Å². The van der Waals surface area contributed by atoms with E-state index in [0.29, 0.717) is 24.4 Å². The molecule has 3 rings (SSSR count). The highest BCUT2D eigenvalue weighted by molar-refractivity contribution is 6.46. The molecule has 1 aliphatic rings.